The predicted octanol–water partition coefficient (Wildman–Crippen LogP) is 2.91. The Hall–Kier alpha value is -3.88. The predicted molar refractivity (Wildman–Crippen MR) is 127 cm³/mol. The summed E-state index contributed by atoms with van der Waals surface area (Å²) < 4.78 is 1.66. The highest BCUT2D eigenvalue weighted by molar-refractivity contribution is 5.76. The summed E-state index contributed by atoms with van der Waals surface area (Å²) in [4.78, 5) is 42.8. The average molecular weight is 458 g/mol. The zero-order valence-corrected chi connectivity index (χ0v) is 19.1. The Kier molecular flexibility index (Phi) is 6.16. The molecule has 34 heavy (non-hydrogen) atoms. The highest BCUT2D eigenvalue weighted by Gasteiger charge is 2.24. The minimum absolute atomic E-state index is 0.149. The van der Waals surface area contributed by atoms with E-state index in [4.69, 9.17) is 0 Å². The number of aryl methyl sites for hydroxylation is 2. The van der Waals surface area contributed by atoms with Crippen molar-refractivity contribution in [1.82, 2.24) is 34.4 Å². The third-order valence-corrected chi connectivity index (χ3v) is 6.46. The number of piperidine rings is 1. The maximum absolute atomic E-state index is 12.8. The van der Waals surface area contributed by atoms with E-state index in [9.17, 15) is 9.59 Å². The van der Waals surface area contributed by atoms with Gasteiger partial charge in [-0.1, -0.05) is 0 Å². The minimum atomic E-state index is -0.149. The fourth-order valence-corrected chi connectivity index (χ4v) is 4.57. The number of H-pyrrole nitrogens is 1. The first-order valence-corrected chi connectivity index (χ1v) is 11.7. The number of amides is 1. The van der Waals surface area contributed by atoms with Crippen molar-refractivity contribution in [2.75, 3.05) is 13.1 Å². The largest absolute Gasteiger partial charge is 0.343 e. The zero-order chi connectivity index (χ0) is 23.5. The number of fused-ring (bicyclic) bond motifs is 1. The Morgan fingerprint density at radius 1 is 1.15 bits per heavy atom. The fraction of sp³-hybridized carbons (Fsp3) is 0.360. The van der Waals surface area contributed by atoms with Crippen molar-refractivity contribution < 1.29 is 4.79 Å². The lowest BCUT2D eigenvalue weighted by Gasteiger charge is -2.32. The van der Waals surface area contributed by atoms with Gasteiger partial charge in [0, 0.05) is 62.0 Å². The molecular weight excluding hydrogens is 430 g/mol. The monoisotopic (exact) mass is 457 g/mol. The molecule has 1 fully saturated rings. The van der Waals surface area contributed by atoms with Gasteiger partial charge in [-0.3, -0.25) is 14.6 Å². The van der Waals surface area contributed by atoms with E-state index >= 15 is 0 Å². The second kappa shape index (κ2) is 9.54. The Balaban J connectivity index is 1.14. The lowest BCUT2D eigenvalue weighted by Crippen LogP contribution is -2.37. The molecule has 0 aliphatic carbocycles. The minimum Gasteiger partial charge on any atom is -0.343 e. The van der Waals surface area contributed by atoms with Gasteiger partial charge in [-0.25, -0.2) is 14.5 Å². The van der Waals surface area contributed by atoms with Crippen LogP contribution in [0, 0.1) is 6.92 Å². The maximum Gasteiger partial charge on any atom is 0.275 e. The van der Waals surface area contributed by atoms with Gasteiger partial charge in [0.2, 0.25) is 5.91 Å². The van der Waals surface area contributed by atoms with Gasteiger partial charge >= 0.3 is 0 Å². The van der Waals surface area contributed by atoms with Crippen LogP contribution in [0.25, 0.3) is 16.9 Å². The van der Waals surface area contributed by atoms with Gasteiger partial charge in [-0.2, -0.15) is 5.10 Å². The molecule has 1 saturated heterocycles. The molecule has 5 heterocycles. The summed E-state index contributed by atoms with van der Waals surface area (Å²) in [7, 11) is 0. The summed E-state index contributed by atoms with van der Waals surface area (Å²) in [5, 5.41) is 4.50. The number of aromatic nitrogens is 6. The van der Waals surface area contributed by atoms with Crippen LogP contribution in [-0.4, -0.2) is 53.4 Å². The molecule has 1 aliphatic rings. The van der Waals surface area contributed by atoms with Crippen LogP contribution < -0.4 is 5.56 Å². The van der Waals surface area contributed by atoms with E-state index in [1.807, 2.05) is 24.1 Å². The lowest BCUT2D eigenvalue weighted by molar-refractivity contribution is -0.132. The van der Waals surface area contributed by atoms with Crippen LogP contribution >= 0.6 is 0 Å². The molecule has 0 aromatic carbocycles. The van der Waals surface area contributed by atoms with Crippen molar-refractivity contribution >= 4 is 11.4 Å². The van der Waals surface area contributed by atoms with Crippen molar-refractivity contribution in [1.29, 1.82) is 0 Å². The first kappa shape index (κ1) is 21.9. The number of pyridine rings is 1. The molecule has 0 radical (unpaired) electrons. The normalized spacial score (nSPS) is 14.6. The van der Waals surface area contributed by atoms with E-state index in [-0.39, 0.29) is 11.5 Å². The van der Waals surface area contributed by atoms with E-state index in [1.165, 1.54) is 5.56 Å². The summed E-state index contributed by atoms with van der Waals surface area (Å²) in [6.07, 6.45) is 10.6. The highest BCUT2D eigenvalue weighted by atomic mass is 16.2. The lowest BCUT2D eigenvalue weighted by atomic mass is 9.89. The third kappa shape index (κ3) is 4.59. The van der Waals surface area contributed by atoms with Gasteiger partial charge in [0.1, 0.15) is 11.3 Å². The van der Waals surface area contributed by atoms with Crippen molar-refractivity contribution in [2.24, 2.45) is 0 Å². The molecule has 0 bridgehead atoms. The van der Waals surface area contributed by atoms with Gasteiger partial charge in [0.25, 0.3) is 5.56 Å². The van der Waals surface area contributed by atoms with E-state index in [0.717, 1.165) is 37.2 Å². The van der Waals surface area contributed by atoms with Crippen molar-refractivity contribution in [3.05, 3.63) is 76.5 Å². The molecule has 1 amide bonds. The van der Waals surface area contributed by atoms with Crippen LogP contribution in [0.3, 0.4) is 0 Å². The molecule has 0 spiro atoms. The number of nitrogens with zero attached hydrogens (tertiary/aromatic N) is 6. The summed E-state index contributed by atoms with van der Waals surface area (Å²) >= 11 is 0. The van der Waals surface area contributed by atoms with Crippen molar-refractivity contribution in [3.63, 3.8) is 0 Å². The zero-order valence-electron chi connectivity index (χ0n) is 19.1. The van der Waals surface area contributed by atoms with Gasteiger partial charge in [-0.05, 0) is 61.9 Å². The van der Waals surface area contributed by atoms with Gasteiger partial charge < -0.3 is 9.88 Å². The Morgan fingerprint density at radius 3 is 2.74 bits per heavy atom. The topological polar surface area (TPSA) is 109 Å². The smallest absolute Gasteiger partial charge is 0.275 e. The number of carbonyl (C=O) groups excluding carboxylic acids is 1. The molecule has 174 valence electrons. The summed E-state index contributed by atoms with van der Waals surface area (Å²) in [6, 6.07) is 7.54. The number of nitrogens with one attached hydrogen (secondary N) is 1. The second-order valence-electron chi connectivity index (χ2n) is 8.76. The van der Waals surface area contributed by atoms with Crippen LogP contribution in [-0.2, 0) is 11.2 Å². The van der Waals surface area contributed by atoms with Crippen LogP contribution in [0.1, 0.15) is 48.7 Å². The second-order valence-corrected chi connectivity index (χ2v) is 8.76. The Labute approximate surface area is 196 Å². The maximum atomic E-state index is 12.8. The first-order chi connectivity index (χ1) is 16.6. The van der Waals surface area contributed by atoms with Crippen LogP contribution in [0.4, 0.5) is 0 Å². The molecule has 5 rings (SSSR count). The molecule has 0 unspecified atom stereocenters. The van der Waals surface area contributed by atoms with Crippen LogP contribution in [0.15, 0.2) is 53.8 Å². The molecule has 9 nitrogen and oxygen atoms in total. The van der Waals surface area contributed by atoms with Crippen molar-refractivity contribution in [2.45, 2.75) is 44.9 Å². The van der Waals surface area contributed by atoms with Crippen LogP contribution in [0.2, 0.25) is 0 Å². The standard InChI is InChI=1S/C25H27N7O2/c1-17-6-7-21-25(34)29-22(30-32(17)21)4-2-5-23(33)31-12-8-18(9-13-31)19-14-20(16-26-15-19)24-27-10-3-11-28-24/h3,6-7,10-11,14-16,18H,2,4-5,8-9,12-13H2,1H3,(H,29,30,34). The van der Waals surface area contributed by atoms with E-state index < -0.39 is 0 Å². The number of aromatic amines is 1. The molecule has 1 N–H and O–H groups in total. The molecule has 1 aliphatic heterocycles. The first-order valence-electron chi connectivity index (χ1n) is 11.7. The summed E-state index contributed by atoms with van der Waals surface area (Å²) in [6.45, 7) is 3.39. The fourth-order valence-electron chi connectivity index (χ4n) is 4.57. The number of likely N-dealkylation sites (tertiary alicyclic amines) is 1. The van der Waals surface area contributed by atoms with E-state index in [1.54, 1.807) is 35.2 Å². The number of hydrogen-bond acceptors (Lipinski definition) is 6. The quantitative estimate of drug-likeness (QED) is 0.477. The van der Waals surface area contributed by atoms with E-state index in [0.29, 0.717) is 42.3 Å². The number of hydrogen-bond donors (Lipinski definition) is 1. The molecule has 4 aromatic rings. The summed E-state index contributed by atoms with van der Waals surface area (Å²) in [5.41, 5.74) is 3.39. The number of rotatable bonds is 6. The Morgan fingerprint density at radius 2 is 1.94 bits per heavy atom. The third-order valence-electron chi connectivity index (χ3n) is 6.46. The molecule has 0 saturated carbocycles. The molecule has 4 aromatic heterocycles. The number of carbonyl (C=O) groups is 1. The molecule has 9 heteroatoms. The van der Waals surface area contributed by atoms with Gasteiger partial charge in [-0.15, -0.1) is 0 Å². The van der Waals surface area contributed by atoms with Crippen LogP contribution in [0.5, 0.6) is 0 Å². The van der Waals surface area contributed by atoms with Crippen molar-refractivity contribution in [3.8, 4) is 11.4 Å². The van der Waals surface area contributed by atoms with Gasteiger partial charge in [0.15, 0.2) is 5.82 Å². The summed E-state index contributed by atoms with van der Waals surface area (Å²) in [5.74, 6) is 1.80. The average Bonchev–Trinajstić information content (AvgIpc) is 3.26. The van der Waals surface area contributed by atoms with E-state index in [2.05, 4.69) is 31.1 Å². The highest BCUT2D eigenvalue weighted by Crippen LogP contribution is 2.29. The molecule has 0 atom stereocenters. The molecular formula is C25H27N7O2. The SMILES string of the molecule is Cc1ccc2c(=O)[nH]c(CCCC(=O)N3CCC(c4cncc(-c5ncccn5)c4)CC3)nn12. The Bertz CT molecular complexity index is 1350. The van der Waals surface area contributed by atoms with Gasteiger partial charge in [0.05, 0.1) is 0 Å².